The van der Waals surface area contributed by atoms with Crippen molar-refractivity contribution in [1.29, 1.82) is 0 Å². The maximum Gasteiger partial charge on any atom is 0.163 e. The Morgan fingerprint density at radius 2 is 2.15 bits per heavy atom. The summed E-state index contributed by atoms with van der Waals surface area (Å²) in [4.78, 5) is 15.8. The Morgan fingerprint density at radius 3 is 3.10 bits per heavy atom. The van der Waals surface area contributed by atoms with Crippen LogP contribution in [0.3, 0.4) is 0 Å². The van der Waals surface area contributed by atoms with Gasteiger partial charge in [-0.2, -0.15) is 5.10 Å². The minimum Gasteiger partial charge on any atom is -0.345 e. The first-order chi connectivity index (χ1) is 9.81. The number of aromatic nitrogens is 6. The maximum atomic E-state index is 4.28. The van der Waals surface area contributed by atoms with Crippen molar-refractivity contribution in [3.63, 3.8) is 0 Å². The Morgan fingerprint density at radius 1 is 1.20 bits per heavy atom. The van der Waals surface area contributed by atoms with E-state index in [1.807, 2.05) is 25.2 Å². The Bertz CT molecular complexity index is 905. The number of hydrogen-bond acceptors (Lipinski definition) is 5. The fourth-order valence-electron chi connectivity index (χ4n) is 2.21. The molecule has 0 radical (unpaired) electrons. The first-order valence-electron chi connectivity index (χ1n) is 6.14. The van der Waals surface area contributed by atoms with Gasteiger partial charge in [0.25, 0.3) is 0 Å². The van der Waals surface area contributed by atoms with Crippen LogP contribution in [0.2, 0.25) is 0 Å². The Balaban J connectivity index is 1.79. The van der Waals surface area contributed by atoms with E-state index < -0.39 is 0 Å². The molecule has 0 saturated heterocycles. The summed E-state index contributed by atoms with van der Waals surface area (Å²) in [6, 6.07) is 5.91. The standard InChI is InChI=1S/C13H11N7/c1-20-13-9(5-18-20)12(16-7-17-13)19-8-2-3-10-11(4-8)15-6-14-10/h2-7H,1H3,(H,14,15)(H,16,17,19). The normalized spacial score (nSPS) is 11.2. The summed E-state index contributed by atoms with van der Waals surface area (Å²) in [5.74, 6) is 0.738. The molecule has 3 aromatic heterocycles. The minimum absolute atomic E-state index is 0.738. The zero-order chi connectivity index (χ0) is 13.5. The van der Waals surface area contributed by atoms with Gasteiger partial charge in [0.15, 0.2) is 5.65 Å². The SMILES string of the molecule is Cn1ncc2c(Nc3ccc4nc[nH]c4c3)ncnc21. The molecule has 20 heavy (non-hydrogen) atoms. The van der Waals surface area contributed by atoms with Gasteiger partial charge in [-0.3, -0.25) is 4.68 Å². The maximum absolute atomic E-state index is 4.28. The number of imidazole rings is 1. The second kappa shape index (κ2) is 4.02. The Labute approximate surface area is 113 Å². The van der Waals surface area contributed by atoms with E-state index >= 15 is 0 Å². The molecular weight excluding hydrogens is 254 g/mol. The van der Waals surface area contributed by atoms with Crippen LogP contribution in [-0.4, -0.2) is 29.7 Å². The molecule has 0 aliphatic heterocycles. The van der Waals surface area contributed by atoms with E-state index in [1.165, 1.54) is 6.33 Å². The average Bonchev–Trinajstić information content (AvgIpc) is 3.06. The zero-order valence-electron chi connectivity index (χ0n) is 10.7. The number of nitrogens with zero attached hydrogens (tertiary/aromatic N) is 5. The summed E-state index contributed by atoms with van der Waals surface area (Å²) >= 11 is 0. The van der Waals surface area contributed by atoms with Crippen LogP contribution in [0.4, 0.5) is 11.5 Å². The average molecular weight is 265 g/mol. The number of H-pyrrole nitrogens is 1. The third kappa shape index (κ3) is 1.60. The van der Waals surface area contributed by atoms with E-state index in [-0.39, 0.29) is 0 Å². The molecule has 0 fully saturated rings. The highest BCUT2D eigenvalue weighted by atomic mass is 15.3. The van der Waals surface area contributed by atoms with Gasteiger partial charge >= 0.3 is 0 Å². The number of fused-ring (bicyclic) bond motifs is 2. The van der Waals surface area contributed by atoms with E-state index in [0.717, 1.165) is 33.6 Å². The number of aryl methyl sites for hydroxylation is 1. The molecule has 4 rings (SSSR count). The van der Waals surface area contributed by atoms with Crippen molar-refractivity contribution in [3.8, 4) is 0 Å². The Hall–Kier alpha value is -2.96. The van der Waals surface area contributed by atoms with E-state index in [0.29, 0.717) is 0 Å². The number of rotatable bonds is 2. The van der Waals surface area contributed by atoms with Crippen molar-refractivity contribution in [1.82, 2.24) is 29.7 Å². The summed E-state index contributed by atoms with van der Waals surface area (Å²) in [5.41, 5.74) is 3.65. The highest BCUT2D eigenvalue weighted by molar-refractivity contribution is 5.89. The number of aromatic amines is 1. The van der Waals surface area contributed by atoms with E-state index in [2.05, 4.69) is 30.4 Å². The highest BCUT2D eigenvalue weighted by Gasteiger charge is 2.08. The van der Waals surface area contributed by atoms with Crippen LogP contribution in [0.25, 0.3) is 22.1 Å². The van der Waals surface area contributed by atoms with Crippen LogP contribution in [0, 0.1) is 0 Å². The molecule has 7 heteroatoms. The molecule has 7 nitrogen and oxygen atoms in total. The second-order valence-electron chi connectivity index (χ2n) is 4.49. The van der Waals surface area contributed by atoms with Gasteiger partial charge in [0, 0.05) is 12.7 Å². The molecule has 0 spiro atoms. The predicted octanol–water partition coefficient (Wildman–Crippen LogP) is 1.98. The molecule has 0 amide bonds. The third-order valence-electron chi connectivity index (χ3n) is 3.21. The summed E-state index contributed by atoms with van der Waals surface area (Å²) in [7, 11) is 1.86. The van der Waals surface area contributed by atoms with Gasteiger partial charge in [-0.1, -0.05) is 0 Å². The van der Waals surface area contributed by atoms with Crippen molar-refractivity contribution in [2.75, 3.05) is 5.32 Å². The third-order valence-corrected chi connectivity index (χ3v) is 3.21. The van der Waals surface area contributed by atoms with Gasteiger partial charge in [-0.05, 0) is 18.2 Å². The lowest BCUT2D eigenvalue weighted by atomic mass is 10.2. The van der Waals surface area contributed by atoms with Crippen molar-refractivity contribution in [3.05, 3.63) is 37.1 Å². The van der Waals surface area contributed by atoms with E-state index in [9.17, 15) is 0 Å². The van der Waals surface area contributed by atoms with Gasteiger partial charge in [0.1, 0.15) is 12.1 Å². The quantitative estimate of drug-likeness (QED) is 0.579. The van der Waals surface area contributed by atoms with Gasteiger partial charge in [-0.15, -0.1) is 0 Å². The molecule has 0 bridgehead atoms. The zero-order valence-corrected chi connectivity index (χ0v) is 10.7. The molecule has 4 aromatic rings. The van der Waals surface area contributed by atoms with Gasteiger partial charge < -0.3 is 10.3 Å². The van der Waals surface area contributed by atoms with Crippen molar-refractivity contribution >= 4 is 33.6 Å². The number of nitrogens with one attached hydrogen (secondary N) is 2. The van der Waals surface area contributed by atoms with E-state index in [4.69, 9.17) is 0 Å². The summed E-state index contributed by atoms with van der Waals surface area (Å²) in [5, 5.41) is 8.38. The molecule has 2 N–H and O–H groups in total. The first-order valence-corrected chi connectivity index (χ1v) is 6.14. The molecule has 98 valence electrons. The predicted molar refractivity (Wildman–Crippen MR) is 75.7 cm³/mol. The molecule has 3 heterocycles. The van der Waals surface area contributed by atoms with Gasteiger partial charge in [0.05, 0.1) is 28.9 Å². The molecular formula is C13H11N7. The minimum atomic E-state index is 0.738. The Kier molecular flexibility index (Phi) is 2.19. The molecule has 0 aliphatic rings. The van der Waals surface area contributed by atoms with Gasteiger partial charge in [0.2, 0.25) is 0 Å². The van der Waals surface area contributed by atoms with Gasteiger partial charge in [-0.25, -0.2) is 15.0 Å². The van der Waals surface area contributed by atoms with Crippen molar-refractivity contribution in [2.24, 2.45) is 7.05 Å². The molecule has 1 aromatic carbocycles. The van der Waals surface area contributed by atoms with Crippen molar-refractivity contribution < 1.29 is 0 Å². The van der Waals surface area contributed by atoms with E-state index in [1.54, 1.807) is 17.2 Å². The molecule has 0 aliphatic carbocycles. The lowest BCUT2D eigenvalue weighted by Gasteiger charge is -2.06. The van der Waals surface area contributed by atoms with Crippen LogP contribution in [-0.2, 0) is 7.05 Å². The lowest BCUT2D eigenvalue weighted by Crippen LogP contribution is -1.97. The number of hydrogen-bond donors (Lipinski definition) is 2. The van der Waals surface area contributed by atoms with Crippen molar-refractivity contribution in [2.45, 2.75) is 0 Å². The van der Waals surface area contributed by atoms with Crippen LogP contribution in [0.15, 0.2) is 37.1 Å². The topological polar surface area (TPSA) is 84.3 Å². The van der Waals surface area contributed by atoms with Crippen LogP contribution in [0.1, 0.15) is 0 Å². The van der Waals surface area contributed by atoms with Crippen LogP contribution >= 0.6 is 0 Å². The number of anilines is 2. The largest absolute Gasteiger partial charge is 0.345 e. The fraction of sp³-hybridized carbons (Fsp3) is 0.0769. The molecule has 0 atom stereocenters. The number of benzene rings is 1. The molecule has 0 unspecified atom stereocenters. The summed E-state index contributed by atoms with van der Waals surface area (Å²) < 4.78 is 1.72. The summed E-state index contributed by atoms with van der Waals surface area (Å²) in [6.45, 7) is 0. The summed E-state index contributed by atoms with van der Waals surface area (Å²) in [6.07, 6.45) is 4.96. The lowest BCUT2D eigenvalue weighted by molar-refractivity contribution is 0.785. The first kappa shape index (κ1) is 10.9. The highest BCUT2D eigenvalue weighted by Crippen LogP contribution is 2.23. The fourth-order valence-corrected chi connectivity index (χ4v) is 2.21. The monoisotopic (exact) mass is 265 g/mol. The van der Waals surface area contributed by atoms with Crippen LogP contribution in [0.5, 0.6) is 0 Å². The van der Waals surface area contributed by atoms with Crippen LogP contribution < -0.4 is 5.32 Å². The smallest absolute Gasteiger partial charge is 0.163 e. The second-order valence-corrected chi connectivity index (χ2v) is 4.49. The molecule has 0 saturated carbocycles.